The number of amides is 1. The lowest BCUT2D eigenvalue weighted by molar-refractivity contribution is -0.131. The molecule has 36 heavy (non-hydrogen) atoms. The van der Waals surface area contributed by atoms with Gasteiger partial charge in [0.15, 0.2) is 17.2 Å². The van der Waals surface area contributed by atoms with E-state index in [9.17, 15) is 13.6 Å². The summed E-state index contributed by atoms with van der Waals surface area (Å²) in [6.07, 6.45) is 2.75. The number of piperidine rings is 1. The van der Waals surface area contributed by atoms with Crippen molar-refractivity contribution >= 4 is 22.8 Å². The smallest absolute Gasteiger partial charge is 0.236 e. The Labute approximate surface area is 204 Å². The van der Waals surface area contributed by atoms with Crippen LogP contribution in [0.15, 0.2) is 48.8 Å². The lowest BCUT2D eigenvalue weighted by Gasteiger charge is -2.32. The number of benzene rings is 2. The molecule has 2 N–H and O–H groups in total. The summed E-state index contributed by atoms with van der Waals surface area (Å²) in [6.45, 7) is 1.00. The van der Waals surface area contributed by atoms with Crippen LogP contribution in [0.25, 0.3) is 22.3 Å². The molecule has 1 amide bonds. The van der Waals surface area contributed by atoms with Gasteiger partial charge in [-0.25, -0.2) is 23.4 Å². The van der Waals surface area contributed by atoms with E-state index >= 15 is 0 Å². The molecule has 0 radical (unpaired) electrons. The number of hydrogen-bond acceptors (Lipinski definition) is 7. The van der Waals surface area contributed by atoms with Crippen LogP contribution < -0.4 is 10.5 Å². The highest BCUT2D eigenvalue weighted by molar-refractivity contribution is 5.98. The van der Waals surface area contributed by atoms with Gasteiger partial charge in [-0.3, -0.25) is 4.79 Å². The fraction of sp³-hybridized carbons (Fsp3) is 0.240. The van der Waals surface area contributed by atoms with Crippen molar-refractivity contribution in [2.45, 2.75) is 25.3 Å². The first-order chi connectivity index (χ1) is 17.4. The molecule has 182 valence electrons. The Morgan fingerprint density at radius 2 is 2.00 bits per heavy atom. The molecule has 0 spiro atoms. The molecule has 1 aliphatic heterocycles. The van der Waals surface area contributed by atoms with Crippen molar-refractivity contribution in [2.75, 3.05) is 18.8 Å². The Morgan fingerprint density at radius 1 is 1.19 bits per heavy atom. The summed E-state index contributed by atoms with van der Waals surface area (Å²) in [5, 5.41) is 14.3. The summed E-state index contributed by atoms with van der Waals surface area (Å²) in [6, 6.07) is 11.5. The van der Waals surface area contributed by atoms with Gasteiger partial charge in [-0.2, -0.15) is 10.4 Å². The van der Waals surface area contributed by atoms with Crippen LogP contribution in [0.2, 0.25) is 0 Å². The number of hydrogen-bond donors (Lipinski definition) is 1. The third kappa shape index (κ3) is 4.40. The highest BCUT2D eigenvalue weighted by atomic mass is 19.1. The highest BCUT2D eigenvalue weighted by Gasteiger charge is 2.28. The van der Waals surface area contributed by atoms with Crippen LogP contribution in [0.5, 0.6) is 11.5 Å². The summed E-state index contributed by atoms with van der Waals surface area (Å²) >= 11 is 0. The van der Waals surface area contributed by atoms with Crippen LogP contribution >= 0.6 is 0 Å². The molecule has 1 aliphatic rings. The largest absolute Gasteiger partial charge is 0.454 e. The van der Waals surface area contributed by atoms with Gasteiger partial charge in [0.1, 0.15) is 35.8 Å². The van der Waals surface area contributed by atoms with E-state index in [1.165, 1.54) is 6.33 Å². The summed E-state index contributed by atoms with van der Waals surface area (Å²) < 4.78 is 34.7. The molecule has 0 unspecified atom stereocenters. The standard InChI is InChI=1S/C25H21F2N7O2/c26-16-5-8-19(27)20(12-16)36-18-6-3-15(4-7-18)23-22-24(29)30-14-31-25(22)34(32-23)17-2-1-11-33(13-17)21(35)9-10-28/h3-8,12,14,17H,1-2,9,11,13H2,(H2,29,30,31)/t17-/m1/s1. The van der Waals surface area contributed by atoms with E-state index in [-0.39, 0.29) is 29.9 Å². The molecule has 4 aromatic rings. The number of nitrogens with two attached hydrogens (primary N) is 1. The average Bonchev–Trinajstić information content (AvgIpc) is 3.28. The molecular weight excluding hydrogens is 468 g/mol. The molecule has 1 atom stereocenters. The van der Waals surface area contributed by atoms with E-state index in [0.717, 1.165) is 31.0 Å². The van der Waals surface area contributed by atoms with Gasteiger partial charge in [0.05, 0.1) is 17.5 Å². The van der Waals surface area contributed by atoms with Gasteiger partial charge in [0.25, 0.3) is 0 Å². The number of nitrogen functional groups attached to an aromatic ring is 1. The van der Waals surface area contributed by atoms with Crippen molar-refractivity contribution < 1.29 is 18.3 Å². The molecule has 2 aromatic heterocycles. The van der Waals surface area contributed by atoms with E-state index in [4.69, 9.17) is 20.8 Å². The molecule has 9 nitrogen and oxygen atoms in total. The van der Waals surface area contributed by atoms with Crippen molar-refractivity contribution in [3.8, 4) is 28.8 Å². The second kappa shape index (κ2) is 9.58. The Kier molecular flexibility index (Phi) is 6.16. The first kappa shape index (κ1) is 23.2. The number of anilines is 1. The van der Waals surface area contributed by atoms with Crippen LogP contribution in [0.1, 0.15) is 25.3 Å². The predicted molar refractivity (Wildman–Crippen MR) is 127 cm³/mol. The van der Waals surface area contributed by atoms with E-state index in [0.29, 0.717) is 41.1 Å². The molecule has 0 bridgehead atoms. The van der Waals surface area contributed by atoms with E-state index in [1.807, 2.05) is 6.07 Å². The lowest BCUT2D eigenvalue weighted by Crippen LogP contribution is -2.40. The number of nitrogens with zero attached hydrogens (tertiary/aromatic N) is 6. The molecule has 0 aliphatic carbocycles. The maximum absolute atomic E-state index is 13.9. The van der Waals surface area contributed by atoms with Crippen molar-refractivity contribution in [2.24, 2.45) is 0 Å². The average molecular weight is 489 g/mol. The molecular formula is C25H21F2N7O2. The first-order valence-corrected chi connectivity index (χ1v) is 11.3. The number of halogens is 2. The quantitative estimate of drug-likeness (QED) is 0.445. The van der Waals surface area contributed by atoms with Gasteiger partial charge in [-0.15, -0.1) is 0 Å². The lowest BCUT2D eigenvalue weighted by atomic mass is 10.1. The number of fused-ring (bicyclic) bond motifs is 1. The molecule has 0 saturated carbocycles. The Hall–Kier alpha value is -4.59. The summed E-state index contributed by atoms with van der Waals surface area (Å²) in [5.74, 6) is -1.14. The molecule has 1 saturated heterocycles. The minimum Gasteiger partial charge on any atom is -0.454 e. The predicted octanol–water partition coefficient (Wildman–Crippen LogP) is 4.22. The topological polar surface area (TPSA) is 123 Å². The second-order valence-electron chi connectivity index (χ2n) is 8.42. The maximum Gasteiger partial charge on any atom is 0.236 e. The Morgan fingerprint density at radius 3 is 2.78 bits per heavy atom. The van der Waals surface area contributed by atoms with E-state index in [2.05, 4.69) is 9.97 Å². The minimum absolute atomic E-state index is 0.148. The number of aromatic nitrogens is 4. The number of likely N-dealkylation sites (tertiary alicyclic amines) is 1. The third-order valence-electron chi connectivity index (χ3n) is 6.09. The van der Waals surface area contributed by atoms with Gasteiger partial charge >= 0.3 is 0 Å². The van der Waals surface area contributed by atoms with Gasteiger partial charge in [0, 0.05) is 24.7 Å². The zero-order valence-electron chi connectivity index (χ0n) is 19.1. The Balaban J connectivity index is 1.48. The Bertz CT molecular complexity index is 1480. The number of ether oxygens (including phenoxy) is 1. The maximum atomic E-state index is 13.9. The molecule has 1 fully saturated rings. The van der Waals surface area contributed by atoms with Crippen LogP contribution in [-0.2, 0) is 4.79 Å². The monoisotopic (exact) mass is 489 g/mol. The third-order valence-corrected chi connectivity index (χ3v) is 6.09. The van der Waals surface area contributed by atoms with Crippen LogP contribution in [-0.4, -0.2) is 43.6 Å². The number of nitriles is 1. The van der Waals surface area contributed by atoms with E-state index < -0.39 is 11.6 Å². The number of carbonyl (C=O) groups excluding carboxylic acids is 1. The normalized spacial score (nSPS) is 15.6. The molecule has 5 rings (SSSR count). The SMILES string of the molecule is N#CCC(=O)N1CCC[C@@H](n2nc(-c3ccc(Oc4cc(F)ccc4F)cc3)c3c(N)ncnc32)C1. The van der Waals surface area contributed by atoms with Crippen LogP contribution in [0.4, 0.5) is 14.6 Å². The van der Waals surface area contributed by atoms with Crippen molar-refractivity contribution in [1.29, 1.82) is 5.26 Å². The first-order valence-electron chi connectivity index (χ1n) is 11.3. The van der Waals surface area contributed by atoms with Crippen LogP contribution in [0, 0.1) is 23.0 Å². The highest BCUT2D eigenvalue weighted by Crippen LogP contribution is 2.35. The minimum atomic E-state index is -0.676. The summed E-state index contributed by atoms with van der Waals surface area (Å²) in [4.78, 5) is 22.5. The van der Waals surface area contributed by atoms with Crippen molar-refractivity contribution in [1.82, 2.24) is 24.6 Å². The fourth-order valence-electron chi connectivity index (χ4n) is 4.38. The second-order valence-corrected chi connectivity index (χ2v) is 8.42. The van der Waals surface area contributed by atoms with Gasteiger partial charge in [-0.1, -0.05) is 0 Å². The zero-order valence-corrected chi connectivity index (χ0v) is 19.1. The molecule has 2 aromatic carbocycles. The number of carbonyl (C=O) groups is 1. The van der Waals surface area contributed by atoms with Crippen molar-refractivity contribution in [3.63, 3.8) is 0 Å². The number of rotatable bonds is 5. The molecule has 11 heteroatoms. The summed E-state index contributed by atoms with van der Waals surface area (Å²) in [7, 11) is 0. The van der Waals surface area contributed by atoms with Crippen molar-refractivity contribution in [3.05, 3.63) is 60.4 Å². The van der Waals surface area contributed by atoms with Crippen LogP contribution in [0.3, 0.4) is 0 Å². The fourth-order valence-corrected chi connectivity index (χ4v) is 4.38. The summed E-state index contributed by atoms with van der Waals surface area (Å²) in [5.41, 5.74) is 7.99. The van der Waals surface area contributed by atoms with Gasteiger partial charge in [-0.05, 0) is 49.2 Å². The van der Waals surface area contributed by atoms with Gasteiger partial charge < -0.3 is 15.4 Å². The zero-order chi connectivity index (χ0) is 25.2. The van der Waals surface area contributed by atoms with E-state index in [1.54, 1.807) is 33.8 Å². The van der Waals surface area contributed by atoms with Gasteiger partial charge in [0.2, 0.25) is 5.91 Å². The molecule has 3 heterocycles.